The summed E-state index contributed by atoms with van der Waals surface area (Å²) in [5.74, 6) is -0.462. The zero-order valence-corrected chi connectivity index (χ0v) is 12.2. The molecule has 1 saturated heterocycles. The number of hydrogen-bond donors (Lipinski definition) is 3. The predicted octanol–water partition coefficient (Wildman–Crippen LogP) is -3.37. The third-order valence-corrected chi connectivity index (χ3v) is 3.09. The summed E-state index contributed by atoms with van der Waals surface area (Å²) in [6, 6.07) is 0. The molecule has 22 heavy (non-hydrogen) atoms. The second-order valence-electron chi connectivity index (χ2n) is 4.61. The van der Waals surface area contributed by atoms with Crippen molar-refractivity contribution in [3.05, 3.63) is 31.4 Å². The molecule has 3 N–H and O–H groups in total. The molecule has 2 heterocycles. The molecule has 1 fully saturated rings. The van der Waals surface area contributed by atoms with E-state index in [-0.39, 0.29) is 11.8 Å². The second kappa shape index (κ2) is 7.46. The molecule has 1 aliphatic rings. The highest BCUT2D eigenvalue weighted by Gasteiger charge is 2.06. The number of nitrogens with one attached hydrogen (secondary N) is 3. The maximum atomic E-state index is 11.9. The number of H-pyrrole nitrogens is 2. The molecule has 1 aromatic rings. The number of methoxy groups -OCH3 is 1. The molecule has 0 aliphatic carbocycles. The van der Waals surface area contributed by atoms with E-state index in [9.17, 15) is 14.4 Å². The van der Waals surface area contributed by atoms with Gasteiger partial charge in [-0.1, -0.05) is 0 Å². The number of carbonyl (C=O) groups excluding carboxylic acids is 1. The molecule has 120 valence electrons. The van der Waals surface area contributed by atoms with Gasteiger partial charge >= 0.3 is 11.7 Å². The molecular weight excluding hydrogens is 292 g/mol. The third kappa shape index (κ3) is 4.22. The van der Waals surface area contributed by atoms with Crippen molar-refractivity contribution in [2.24, 2.45) is 0 Å². The summed E-state index contributed by atoms with van der Waals surface area (Å²) in [5.41, 5.74) is -1.13. The van der Waals surface area contributed by atoms with Crippen molar-refractivity contribution in [3.63, 3.8) is 0 Å². The average Bonchev–Trinajstić information content (AvgIpc) is 2.50. The lowest BCUT2D eigenvalue weighted by atomic mass is 10.4. The minimum Gasteiger partial charge on any atom is -0.468 e. The molecule has 0 saturated carbocycles. The molecule has 9 heteroatoms. The van der Waals surface area contributed by atoms with Gasteiger partial charge in [0.15, 0.2) is 0 Å². The first-order valence-corrected chi connectivity index (χ1v) is 6.77. The van der Waals surface area contributed by atoms with Crippen LogP contribution in [0.15, 0.2) is 9.59 Å². The minimum absolute atomic E-state index is 0.0773. The molecule has 0 aromatic carbocycles. The standard InChI is InChI=1S/C13H18N4O5/c1-21-11(18)7-14-6-9-10(15-13(20)16-12(9)19)8-17-2-4-22-5-3-17/h6,8,14H,2-5,7H2,1H3,(H2,15,16,19,20)/b9-6-,10-8+. The summed E-state index contributed by atoms with van der Waals surface area (Å²) in [5, 5.41) is 3.29. The highest BCUT2D eigenvalue weighted by Crippen LogP contribution is 1.95. The first kappa shape index (κ1) is 15.8. The summed E-state index contributed by atoms with van der Waals surface area (Å²) in [6.07, 6.45) is 3.07. The Bertz CT molecular complexity index is 745. The summed E-state index contributed by atoms with van der Waals surface area (Å²) < 4.78 is 9.74. The summed E-state index contributed by atoms with van der Waals surface area (Å²) in [4.78, 5) is 41.1. The lowest BCUT2D eigenvalue weighted by Gasteiger charge is -2.24. The number of aromatic amines is 2. The molecule has 0 radical (unpaired) electrons. The van der Waals surface area contributed by atoms with E-state index in [2.05, 4.69) is 20.0 Å². The van der Waals surface area contributed by atoms with Crippen LogP contribution in [-0.2, 0) is 14.3 Å². The zero-order valence-electron chi connectivity index (χ0n) is 12.2. The number of esters is 1. The number of rotatable bonds is 4. The highest BCUT2D eigenvalue weighted by molar-refractivity contribution is 5.72. The smallest absolute Gasteiger partial charge is 0.326 e. The van der Waals surface area contributed by atoms with Gasteiger partial charge in [-0.25, -0.2) is 4.79 Å². The van der Waals surface area contributed by atoms with Gasteiger partial charge in [0.2, 0.25) is 0 Å². The molecule has 0 unspecified atom stereocenters. The monoisotopic (exact) mass is 310 g/mol. The molecule has 0 amide bonds. The Hall–Kier alpha value is -2.55. The van der Waals surface area contributed by atoms with Gasteiger partial charge in [-0.15, -0.1) is 0 Å². The summed E-state index contributed by atoms with van der Waals surface area (Å²) >= 11 is 0. The topological polar surface area (TPSA) is 117 Å². The van der Waals surface area contributed by atoms with Gasteiger partial charge in [0.05, 0.1) is 30.9 Å². The largest absolute Gasteiger partial charge is 0.468 e. The third-order valence-electron chi connectivity index (χ3n) is 3.09. The van der Waals surface area contributed by atoms with Crippen molar-refractivity contribution >= 4 is 18.4 Å². The number of ether oxygens (including phenoxy) is 2. The fraction of sp³-hybridized carbons (Fsp3) is 0.462. The normalized spacial score (nSPS) is 16.7. The fourth-order valence-electron chi connectivity index (χ4n) is 1.96. The zero-order chi connectivity index (χ0) is 15.9. The van der Waals surface area contributed by atoms with E-state index in [0.717, 1.165) is 0 Å². The van der Waals surface area contributed by atoms with Crippen molar-refractivity contribution < 1.29 is 14.3 Å². The van der Waals surface area contributed by atoms with Crippen LogP contribution in [0.5, 0.6) is 0 Å². The molecule has 0 spiro atoms. The number of aromatic nitrogens is 2. The molecule has 9 nitrogen and oxygen atoms in total. The molecular formula is C13H18N4O5. The summed E-state index contributed by atoms with van der Waals surface area (Å²) in [7, 11) is 1.27. The van der Waals surface area contributed by atoms with E-state index in [0.29, 0.717) is 31.7 Å². The number of hydrogen-bond acceptors (Lipinski definition) is 7. The lowest BCUT2D eigenvalue weighted by molar-refractivity contribution is -0.139. The fourth-order valence-corrected chi connectivity index (χ4v) is 1.96. The average molecular weight is 310 g/mol. The Morgan fingerprint density at radius 3 is 2.77 bits per heavy atom. The van der Waals surface area contributed by atoms with Gasteiger partial charge in [-0.3, -0.25) is 14.6 Å². The molecule has 0 atom stereocenters. The lowest BCUT2D eigenvalue weighted by Crippen LogP contribution is -2.51. The van der Waals surface area contributed by atoms with Crippen LogP contribution in [-0.4, -0.2) is 60.8 Å². The Morgan fingerprint density at radius 1 is 1.36 bits per heavy atom. The SMILES string of the molecule is COC(=O)CN/C=c1\c(=O)[nH]c(=O)[nH]\c1=C\N1CCOCC1. The number of carbonyl (C=O) groups is 1. The first-order valence-electron chi connectivity index (χ1n) is 6.77. The van der Waals surface area contributed by atoms with Crippen LogP contribution >= 0.6 is 0 Å². The van der Waals surface area contributed by atoms with E-state index < -0.39 is 17.2 Å². The quantitative estimate of drug-likeness (QED) is 0.497. The van der Waals surface area contributed by atoms with E-state index >= 15 is 0 Å². The van der Waals surface area contributed by atoms with Gasteiger partial charge in [-0.2, -0.15) is 0 Å². The number of nitrogens with zero attached hydrogens (tertiary/aromatic N) is 1. The van der Waals surface area contributed by atoms with Crippen molar-refractivity contribution in [2.45, 2.75) is 0 Å². The Kier molecular flexibility index (Phi) is 5.37. The van der Waals surface area contributed by atoms with E-state index in [1.807, 2.05) is 4.90 Å². The van der Waals surface area contributed by atoms with Crippen LogP contribution in [0.2, 0.25) is 0 Å². The molecule has 1 aliphatic heterocycles. The van der Waals surface area contributed by atoms with Crippen LogP contribution < -0.4 is 27.1 Å². The van der Waals surface area contributed by atoms with E-state index in [4.69, 9.17) is 4.74 Å². The van der Waals surface area contributed by atoms with Crippen molar-refractivity contribution in [2.75, 3.05) is 40.0 Å². The van der Waals surface area contributed by atoms with Crippen molar-refractivity contribution in [1.29, 1.82) is 0 Å². The number of morpholine rings is 1. The van der Waals surface area contributed by atoms with Crippen LogP contribution in [0.4, 0.5) is 0 Å². The van der Waals surface area contributed by atoms with Crippen LogP contribution in [0.25, 0.3) is 12.4 Å². The Labute approximate surface area is 125 Å². The van der Waals surface area contributed by atoms with Gasteiger partial charge < -0.3 is 24.7 Å². The maximum Gasteiger partial charge on any atom is 0.326 e. The second-order valence-corrected chi connectivity index (χ2v) is 4.61. The van der Waals surface area contributed by atoms with Crippen LogP contribution in [0.3, 0.4) is 0 Å². The Morgan fingerprint density at radius 2 is 2.09 bits per heavy atom. The molecule has 0 bridgehead atoms. The van der Waals surface area contributed by atoms with Gasteiger partial charge in [-0.05, 0) is 0 Å². The molecule has 1 aromatic heterocycles. The van der Waals surface area contributed by atoms with Gasteiger partial charge in [0.1, 0.15) is 6.54 Å². The maximum absolute atomic E-state index is 11.9. The van der Waals surface area contributed by atoms with Crippen molar-refractivity contribution in [1.82, 2.24) is 20.2 Å². The highest BCUT2D eigenvalue weighted by atomic mass is 16.5. The van der Waals surface area contributed by atoms with Crippen LogP contribution in [0.1, 0.15) is 0 Å². The van der Waals surface area contributed by atoms with Gasteiger partial charge in [0.25, 0.3) is 5.56 Å². The van der Waals surface area contributed by atoms with Gasteiger partial charge in [0, 0.05) is 25.5 Å². The summed E-state index contributed by atoms with van der Waals surface area (Å²) in [6.45, 7) is 2.44. The molecule has 2 rings (SSSR count). The minimum atomic E-state index is -0.588. The Balaban J connectivity index is 2.37. The van der Waals surface area contributed by atoms with Crippen molar-refractivity contribution in [3.8, 4) is 0 Å². The first-order chi connectivity index (χ1) is 10.6. The predicted molar refractivity (Wildman–Crippen MR) is 78.3 cm³/mol. The van der Waals surface area contributed by atoms with E-state index in [1.54, 1.807) is 6.20 Å². The van der Waals surface area contributed by atoms with E-state index in [1.165, 1.54) is 13.3 Å². The van der Waals surface area contributed by atoms with Crippen LogP contribution in [0, 0.1) is 0 Å².